The fourth-order valence-corrected chi connectivity index (χ4v) is 4.22. The van der Waals surface area contributed by atoms with Crippen molar-refractivity contribution in [3.8, 4) is 0 Å². The minimum Gasteiger partial charge on any atom is -0.339 e. The van der Waals surface area contributed by atoms with Gasteiger partial charge in [0.2, 0.25) is 10.0 Å². The molecule has 1 saturated heterocycles. The van der Waals surface area contributed by atoms with E-state index in [-0.39, 0.29) is 23.2 Å². The Hall–Kier alpha value is -2.25. The van der Waals surface area contributed by atoms with Crippen molar-refractivity contribution in [3.05, 3.63) is 65.5 Å². The van der Waals surface area contributed by atoms with E-state index in [2.05, 4.69) is 4.72 Å². The first kappa shape index (κ1) is 19.5. The third-order valence-electron chi connectivity index (χ3n) is 4.68. The van der Waals surface area contributed by atoms with Crippen LogP contribution in [0.25, 0.3) is 0 Å². The molecule has 27 heavy (non-hydrogen) atoms. The van der Waals surface area contributed by atoms with E-state index in [1.807, 2.05) is 0 Å². The first-order valence-corrected chi connectivity index (χ1v) is 10.6. The van der Waals surface area contributed by atoms with Crippen LogP contribution in [-0.2, 0) is 16.4 Å². The molecule has 0 unspecified atom stereocenters. The standard InChI is InChI=1S/C20H23FN2O3S/c21-19-8-2-1-6-16(19)7-5-13-22-27(25,26)18-11-9-17(10-12-18)20(24)23-14-3-4-15-23/h1-2,6,8-12,22H,3-5,7,13-15H2. The van der Waals surface area contributed by atoms with Gasteiger partial charge in [0.25, 0.3) is 5.91 Å². The Balaban J connectivity index is 1.55. The van der Waals surface area contributed by atoms with E-state index in [0.717, 1.165) is 25.9 Å². The molecule has 7 heteroatoms. The second-order valence-corrected chi connectivity index (χ2v) is 8.38. The van der Waals surface area contributed by atoms with Gasteiger partial charge in [-0.1, -0.05) is 18.2 Å². The molecule has 144 valence electrons. The van der Waals surface area contributed by atoms with Crippen molar-refractivity contribution < 1.29 is 17.6 Å². The molecule has 3 rings (SSSR count). The number of amides is 1. The minimum atomic E-state index is -3.65. The van der Waals surface area contributed by atoms with Crippen molar-refractivity contribution in [3.63, 3.8) is 0 Å². The number of rotatable bonds is 7. The highest BCUT2D eigenvalue weighted by molar-refractivity contribution is 7.89. The number of likely N-dealkylation sites (tertiary alicyclic amines) is 1. The van der Waals surface area contributed by atoms with Crippen LogP contribution in [0.1, 0.15) is 35.2 Å². The Morgan fingerprint density at radius 1 is 1.04 bits per heavy atom. The van der Waals surface area contributed by atoms with Gasteiger partial charge in [0.15, 0.2) is 0 Å². The van der Waals surface area contributed by atoms with Gasteiger partial charge < -0.3 is 4.90 Å². The zero-order valence-corrected chi connectivity index (χ0v) is 15.8. The van der Waals surface area contributed by atoms with Crippen molar-refractivity contribution in [2.45, 2.75) is 30.6 Å². The molecular weight excluding hydrogens is 367 g/mol. The predicted octanol–water partition coefficient (Wildman–Crippen LogP) is 2.97. The molecule has 2 aromatic rings. The number of sulfonamides is 1. The second kappa shape index (κ2) is 8.63. The summed E-state index contributed by atoms with van der Waals surface area (Å²) < 4.78 is 40.8. The van der Waals surface area contributed by atoms with Gasteiger partial charge in [0, 0.05) is 25.2 Å². The molecule has 1 heterocycles. The maximum Gasteiger partial charge on any atom is 0.253 e. The molecule has 0 bridgehead atoms. The number of nitrogens with zero attached hydrogens (tertiary/aromatic N) is 1. The maximum absolute atomic E-state index is 13.6. The molecule has 0 radical (unpaired) electrons. The summed E-state index contributed by atoms with van der Waals surface area (Å²) in [5, 5.41) is 0. The summed E-state index contributed by atoms with van der Waals surface area (Å²) in [6.45, 7) is 1.72. The molecule has 2 aromatic carbocycles. The molecule has 0 aromatic heterocycles. The van der Waals surface area contributed by atoms with Crippen LogP contribution in [0.3, 0.4) is 0 Å². The average molecular weight is 390 g/mol. The van der Waals surface area contributed by atoms with Gasteiger partial charge in [-0.05, 0) is 61.6 Å². The largest absolute Gasteiger partial charge is 0.339 e. The van der Waals surface area contributed by atoms with E-state index in [1.165, 1.54) is 18.2 Å². The monoisotopic (exact) mass is 390 g/mol. The number of carbonyl (C=O) groups is 1. The first-order valence-electron chi connectivity index (χ1n) is 9.10. The van der Waals surface area contributed by atoms with Crippen LogP contribution in [-0.4, -0.2) is 38.9 Å². The highest BCUT2D eigenvalue weighted by Gasteiger charge is 2.20. The van der Waals surface area contributed by atoms with Gasteiger partial charge in [-0.2, -0.15) is 0 Å². The van der Waals surface area contributed by atoms with Gasteiger partial charge in [-0.25, -0.2) is 17.5 Å². The topological polar surface area (TPSA) is 66.5 Å². The minimum absolute atomic E-state index is 0.0608. The van der Waals surface area contributed by atoms with Crippen molar-refractivity contribution >= 4 is 15.9 Å². The van der Waals surface area contributed by atoms with Crippen LogP contribution >= 0.6 is 0 Å². The number of carbonyl (C=O) groups excluding carboxylic acids is 1. The van der Waals surface area contributed by atoms with Gasteiger partial charge in [-0.3, -0.25) is 4.79 Å². The number of halogens is 1. The molecule has 1 aliphatic rings. The third-order valence-corrected chi connectivity index (χ3v) is 6.15. The first-order chi connectivity index (χ1) is 13.0. The fourth-order valence-electron chi connectivity index (χ4n) is 3.15. The smallest absolute Gasteiger partial charge is 0.253 e. The van der Waals surface area contributed by atoms with Crippen LogP contribution in [0.2, 0.25) is 0 Å². The molecule has 1 N–H and O–H groups in total. The predicted molar refractivity (Wildman–Crippen MR) is 101 cm³/mol. The molecule has 0 spiro atoms. The summed E-state index contributed by atoms with van der Waals surface area (Å²) >= 11 is 0. The van der Waals surface area contributed by atoms with E-state index in [9.17, 15) is 17.6 Å². The highest BCUT2D eigenvalue weighted by Crippen LogP contribution is 2.16. The zero-order chi connectivity index (χ0) is 19.3. The molecule has 1 fully saturated rings. The third kappa shape index (κ3) is 4.93. The summed E-state index contributed by atoms with van der Waals surface area (Å²) in [5.41, 5.74) is 1.07. The lowest BCUT2D eigenvalue weighted by Gasteiger charge is -2.15. The summed E-state index contributed by atoms with van der Waals surface area (Å²) in [6, 6.07) is 12.5. The lowest BCUT2D eigenvalue weighted by atomic mass is 10.1. The van der Waals surface area contributed by atoms with Crippen molar-refractivity contribution in [2.75, 3.05) is 19.6 Å². The Bertz CT molecular complexity index is 892. The van der Waals surface area contributed by atoms with Crippen LogP contribution in [0.4, 0.5) is 4.39 Å². The van der Waals surface area contributed by atoms with Crippen LogP contribution in [0.15, 0.2) is 53.4 Å². The average Bonchev–Trinajstić information content (AvgIpc) is 3.21. The number of hydrogen-bond donors (Lipinski definition) is 1. The van der Waals surface area contributed by atoms with Crippen LogP contribution < -0.4 is 4.72 Å². The van der Waals surface area contributed by atoms with Crippen molar-refractivity contribution in [1.82, 2.24) is 9.62 Å². The van der Waals surface area contributed by atoms with Gasteiger partial charge >= 0.3 is 0 Å². The normalized spacial score (nSPS) is 14.5. The van der Waals surface area contributed by atoms with Crippen molar-refractivity contribution in [1.29, 1.82) is 0 Å². The number of nitrogens with one attached hydrogen (secondary N) is 1. The highest BCUT2D eigenvalue weighted by atomic mass is 32.2. The molecule has 1 amide bonds. The van der Waals surface area contributed by atoms with E-state index in [0.29, 0.717) is 24.0 Å². The van der Waals surface area contributed by atoms with Gasteiger partial charge in [0.1, 0.15) is 5.82 Å². The lowest BCUT2D eigenvalue weighted by molar-refractivity contribution is 0.0792. The van der Waals surface area contributed by atoms with Gasteiger partial charge in [0.05, 0.1) is 4.90 Å². The van der Waals surface area contributed by atoms with E-state index < -0.39 is 10.0 Å². The summed E-state index contributed by atoms with van der Waals surface area (Å²) in [5.74, 6) is -0.340. The quantitative estimate of drug-likeness (QED) is 0.739. The maximum atomic E-state index is 13.6. The zero-order valence-electron chi connectivity index (χ0n) is 15.0. The summed E-state index contributed by atoms with van der Waals surface area (Å²) in [6.07, 6.45) is 2.97. The Kier molecular flexibility index (Phi) is 6.23. The molecule has 0 aliphatic carbocycles. The van der Waals surface area contributed by atoms with Crippen molar-refractivity contribution in [2.24, 2.45) is 0 Å². The number of hydrogen-bond acceptors (Lipinski definition) is 3. The van der Waals surface area contributed by atoms with E-state index in [1.54, 1.807) is 35.2 Å². The second-order valence-electron chi connectivity index (χ2n) is 6.62. The molecule has 0 saturated carbocycles. The van der Waals surface area contributed by atoms with Crippen LogP contribution in [0, 0.1) is 5.82 Å². The number of benzene rings is 2. The van der Waals surface area contributed by atoms with E-state index in [4.69, 9.17) is 0 Å². The SMILES string of the molecule is O=C(c1ccc(S(=O)(=O)NCCCc2ccccc2F)cc1)N1CCCC1. The Labute approximate surface area is 159 Å². The lowest BCUT2D eigenvalue weighted by Crippen LogP contribution is -2.28. The molecular formula is C20H23FN2O3S. The van der Waals surface area contributed by atoms with Gasteiger partial charge in [-0.15, -0.1) is 0 Å². The Morgan fingerprint density at radius 3 is 2.37 bits per heavy atom. The molecule has 0 atom stereocenters. The van der Waals surface area contributed by atoms with E-state index >= 15 is 0 Å². The van der Waals surface area contributed by atoms with Crippen LogP contribution in [0.5, 0.6) is 0 Å². The summed E-state index contributed by atoms with van der Waals surface area (Å²) in [7, 11) is -3.65. The summed E-state index contributed by atoms with van der Waals surface area (Å²) in [4.78, 5) is 14.2. The molecule has 5 nitrogen and oxygen atoms in total. The Morgan fingerprint density at radius 2 is 1.70 bits per heavy atom. The molecule has 1 aliphatic heterocycles. The fraction of sp³-hybridized carbons (Fsp3) is 0.350. The number of aryl methyl sites for hydroxylation is 1.